The van der Waals surface area contributed by atoms with Crippen molar-refractivity contribution in [1.29, 1.82) is 0 Å². The summed E-state index contributed by atoms with van der Waals surface area (Å²) >= 11 is 0. The van der Waals surface area contributed by atoms with Crippen molar-refractivity contribution in [1.82, 2.24) is 4.90 Å². The van der Waals surface area contributed by atoms with Gasteiger partial charge in [-0.1, -0.05) is 48.5 Å². The standard InChI is InChI=1S/C22H21NO5S/c1-23-16-13-17(29(26,27)15-11-7-4-8-12-15)20(23)19(22(25)28-2)18(21(16)24)14-9-5-3-6-10-14/h3-12,16-17,20H,13H2,1-2H3/t16-,17+,20+/m1/s1. The molecule has 2 heterocycles. The average molecular weight is 411 g/mol. The van der Waals surface area contributed by atoms with E-state index >= 15 is 0 Å². The number of Topliss-reactive ketones (excluding diaryl/α,β-unsaturated/α-hetero) is 1. The van der Waals surface area contributed by atoms with E-state index in [1.54, 1.807) is 66.5 Å². The molecule has 0 saturated carbocycles. The second kappa shape index (κ2) is 7.24. The first kappa shape index (κ1) is 19.5. The Bertz CT molecular complexity index is 1090. The molecule has 0 unspecified atom stereocenters. The third-order valence-electron chi connectivity index (χ3n) is 5.79. The number of nitrogens with zero attached hydrogens (tertiary/aromatic N) is 1. The normalized spacial score (nSPS) is 24.6. The number of sulfone groups is 1. The van der Waals surface area contributed by atoms with Gasteiger partial charge in [0.2, 0.25) is 0 Å². The molecule has 2 aromatic carbocycles. The van der Waals surface area contributed by atoms with E-state index in [-0.39, 0.29) is 28.2 Å². The fourth-order valence-electron chi connectivity index (χ4n) is 4.42. The van der Waals surface area contributed by atoms with Crippen molar-refractivity contribution in [3.8, 4) is 0 Å². The maximum atomic E-state index is 13.4. The molecule has 1 saturated heterocycles. The van der Waals surface area contributed by atoms with E-state index in [9.17, 15) is 18.0 Å². The SMILES string of the molecule is COC(=O)C1=C(c2ccccc2)C(=O)[C@H]2C[C@H](S(=O)(=O)c3ccccc3)[C@@H]1N2C. The number of esters is 1. The first-order chi connectivity index (χ1) is 13.9. The highest BCUT2D eigenvalue weighted by atomic mass is 32.2. The topological polar surface area (TPSA) is 80.8 Å². The summed E-state index contributed by atoms with van der Waals surface area (Å²) in [5.74, 6) is -0.927. The summed E-state index contributed by atoms with van der Waals surface area (Å²) in [6, 6.07) is 15.7. The molecule has 29 heavy (non-hydrogen) atoms. The number of fused-ring (bicyclic) bond motifs is 2. The maximum Gasteiger partial charge on any atom is 0.336 e. The molecule has 0 N–H and O–H groups in total. The highest BCUT2D eigenvalue weighted by Crippen LogP contribution is 2.44. The van der Waals surface area contributed by atoms with Crippen LogP contribution in [0.2, 0.25) is 0 Å². The molecule has 0 spiro atoms. The molecular formula is C22H21NO5S. The lowest BCUT2D eigenvalue weighted by Gasteiger charge is -2.34. The van der Waals surface area contributed by atoms with E-state index in [0.29, 0.717) is 5.56 Å². The summed E-state index contributed by atoms with van der Waals surface area (Å²) in [5.41, 5.74) is 0.972. The highest BCUT2D eigenvalue weighted by molar-refractivity contribution is 7.92. The van der Waals surface area contributed by atoms with E-state index in [2.05, 4.69) is 0 Å². The van der Waals surface area contributed by atoms with Gasteiger partial charge in [-0.25, -0.2) is 13.2 Å². The Morgan fingerprint density at radius 3 is 2.21 bits per heavy atom. The van der Waals surface area contributed by atoms with Crippen LogP contribution in [0.1, 0.15) is 12.0 Å². The third-order valence-corrected chi connectivity index (χ3v) is 7.97. The molecule has 4 rings (SSSR count). The first-order valence-corrected chi connectivity index (χ1v) is 10.9. The third kappa shape index (κ3) is 3.01. The van der Waals surface area contributed by atoms with E-state index in [0.717, 1.165) is 0 Å². The van der Waals surface area contributed by atoms with Crippen LogP contribution >= 0.6 is 0 Å². The fourth-order valence-corrected chi connectivity index (χ4v) is 6.41. The fraction of sp³-hybridized carbons (Fsp3) is 0.273. The van der Waals surface area contributed by atoms with Crippen molar-refractivity contribution in [3.05, 3.63) is 71.8 Å². The Kier molecular flexibility index (Phi) is 4.88. The number of likely N-dealkylation sites (N-methyl/N-ethyl adjacent to an activating group) is 1. The number of hydrogen-bond acceptors (Lipinski definition) is 6. The second-order valence-electron chi connectivity index (χ2n) is 7.27. The number of ether oxygens (including phenoxy) is 1. The molecule has 0 radical (unpaired) electrons. The number of rotatable bonds is 4. The monoisotopic (exact) mass is 411 g/mol. The largest absolute Gasteiger partial charge is 0.466 e. The van der Waals surface area contributed by atoms with Gasteiger partial charge in [0.05, 0.1) is 34.9 Å². The molecule has 1 fully saturated rings. The second-order valence-corrected chi connectivity index (χ2v) is 9.44. The van der Waals surface area contributed by atoms with Crippen molar-refractivity contribution in [2.75, 3.05) is 14.2 Å². The van der Waals surface area contributed by atoms with Crippen molar-refractivity contribution in [3.63, 3.8) is 0 Å². The van der Waals surface area contributed by atoms with Gasteiger partial charge in [-0.15, -0.1) is 0 Å². The maximum absolute atomic E-state index is 13.4. The van der Waals surface area contributed by atoms with Crippen molar-refractivity contribution >= 4 is 27.2 Å². The molecule has 2 bridgehead atoms. The van der Waals surface area contributed by atoms with Crippen molar-refractivity contribution < 1.29 is 22.7 Å². The number of carbonyl (C=O) groups is 2. The average Bonchev–Trinajstić information content (AvgIpc) is 3.01. The van der Waals surface area contributed by atoms with E-state index < -0.39 is 33.1 Å². The van der Waals surface area contributed by atoms with Crippen LogP contribution in [-0.4, -0.2) is 56.6 Å². The molecule has 150 valence electrons. The number of ketones is 1. The molecule has 2 aliphatic heterocycles. The summed E-state index contributed by atoms with van der Waals surface area (Å²) in [4.78, 5) is 28.0. The summed E-state index contributed by atoms with van der Waals surface area (Å²) in [7, 11) is -0.832. The molecular weight excluding hydrogens is 390 g/mol. The zero-order valence-electron chi connectivity index (χ0n) is 16.1. The van der Waals surface area contributed by atoms with Crippen molar-refractivity contribution in [2.24, 2.45) is 0 Å². The molecule has 7 heteroatoms. The molecule has 0 aliphatic carbocycles. The van der Waals surface area contributed by atoms with Crippen LogP contribution in [0.4, 0.5) is 0 Å². The smallest absolute Gasteiger partial charge is 0.336 e. The first-order valence-electron chi connectivity index (χ1n) is 9.31. The minimum atomic E-state index is -3.77. The van der Waals surface area contributed by atoms with Crippen LogP contribution < -0.4 is 0 Å². The molecule has 2 aromatic rings. The zero-order valence-corrected chi connectivity index (χ0v) is 16.9. The van der Waals surface area contributed by atoms with Crippen LogP contribution in [0.25, 0.3) is 5.57 Å². The van der Waals surface area contributed by atoms with Gasteiger partial charge in [-0.05, 0) is 31.2 Å². The summed E-state index contributed by atoms with van der Waals surface area (Å²) in [6.07, 6.45) is 0.133. The predicted molar refractivity (Wildman–Crippen MR) is 108 cm³/mol. The Labute approximate surface area is 169 Å². The van der Waals surface area contributed by atoms with Gasteiger partial charge < -0.3 is 4.74 Å². The molecule has 6 nitrogen and oxygen atoms in total. The van der Waals surface area contributed by atoms with E-state index in [1.165, 1.54) is 7.11 Å². The van der Waals surface area contributed by atoms with Gasteiger partial charge in [0.15, 0.2) is 15.6 Å². The zero-order chi connectivity index (χ0) is 20.8. The number of methoxy groups -OCH3 is 1. The van der Waals surface area contributed by atoms with Crippen LogP contribution in [0.5, 0.6) is 0 Å². The Morgan fingerprint density at radius 1 is 1.03 bits per heavy atom. The van der Waals surface area contributed by atoms with Gasteiger partial charge in [0, 0.05) is 5.57 Å². The number of hydrogen-bond donors (Lipinski definition) is 0. The van der Waals surface area contributed by atoms with Gasteiger partial charge >= 0.3 is 5.97 Å². The van der Waals surface area contributed by atoms with E-state index in [4.69, 9.17) is 4.74 Å². The number of carbonyl (C=O) groups excluding carboxylic acids is 2. The summed E-state index contributed by atoms with van der Waals surface area (Å²) in [6.45, 7) is 0. The van der Waals surface area contributed by atoms with Crippen LogP contribution in [0.3, 0.4) is 0 Å². The molecule has 3 atom stereocenters. The van der Waals surface area contributed by atoms with E-state index in [1.807, 2.05) is 6.07 Å². The van der Waals surface area contributed by atoms with Crippen LogP contribution in [-0.2, 0) is 24.2 Å². The molecule has 0 aromatic heterocycles. The summed E-state index contributed by atoms with van der Waals surface area (Å²) in [5, 5.41) is -0.917. The minimum absolute atomic E-state index is 0.115. The Balaban J connectivity index is 1.93. The lowest BCUT2D eigenvalue weighted by Crippen LogP contribution is -2.48. The predicted octanol–water partition coefficient (Wildman–Crippen LogP) is 2.11. The number of benzene rings is 2. The van der Waals surface area contributed by atoms with Gasteiger partial charge in [-0.2, -0.15) is 0 Å². The highest BCUT2D eigenvalue weighted by Gasteiger charge is 2.56. The van der Waals surface area contributed by atoms with Crippen LogP contribution in [0, 0.1) is 0 Å². The minimum Gasteiger partial charge on any atom is -0.466 e. The Morgan fingerprint density at radius 2 is 1.62 bits per heavy atom. The molecule has 0 amide bonds. The quantitative estimate of drug-likeness (QED) is 0.717. The van der Waals surface area contributed by atoms with Gasteiger partial charge in [-0.3, -0.25) is 9.69 Å². The van der Waals surface area contributed by atoms with Gasteiger partial charge in [0.25, 0.3) is 0 Å². The Hall–Kier alpha value is -2.77. The lowest BCUT2D eigenvalue weighted by atomic mass is 9.87. The van der Waals surface area contributed by atoms with Crippen LogP contribution in [0.15, 0.2) is 71.1 Å². The molecule has 2 aliphatic rings. The summed E-state index contributed by atoms with van der Waals surface area (Å²) < 4.78 is 31.8. The van der Waals surface area contributed by atoms with Crippen molar-refractivity contribution in [2.45, 2.75) is 28.6 Å². The lowest BCUT2D eigenvalue weighted by molar-refractivity contribution is -0.137. The van der Waals surface area contributed by atoms with Gasteiger partial charge in [0.1, 0.15) is 0 Å².